The van der Waals surface area contributed by atoms with Gasteiger partial charge in [0.25, 0.3) is 0 Å². The number of carbonyl (C=O) groups excluding carboxylic acids is 1. The lowest BCUT2D eigenvalue weighted by Crippen LogP contribution is -2.19. The van der Waals surface area contributed by atoms with Crippen molar-refractivity contribution >= 4 is 12.1 Å². The second-order valence-electron chi connectivity index (χ2n) is 5.47. The van der Waals surface area contributed by atoms with Gasteiger partial charge in [0.15, 0.2) is 6.10 Å². The highest BCUT2D eigenvalue weighted by molar-refractivity contribution is 5.74. The molecule has 2 aromatic carbocycles. The zero-order valence-electron chi connectivity index (χ0n) is 13.4. The van der Waals surface area contributed by atoms with Crippen molar-refractivity contribution in [2.75, 3.05) is 7.11 Å². The standard InChI is InChI=1S/C19H19NO4/c1-22-17(21)12-16-18(15-10-6-3-7-11-15)24-19(20-16)23-13-14-8-4-2-5-9-14/h2-11,16,18H,12-13H2,1H3/t16-,18+/m1/s1. The van der Waals surface area contributed by atoms with Crippen LogP contribution in [-0.4, -0.2) is 25.2 Å². The fraction of sp³-hybridized carbons (Fsp3) is 0.263. The Morgan fingerprint density at radius 1 is 1.08 bits per heavy atom. The Kier molecular flexibility index (Phi) is 5.11. The molecule has 124 valence electrons. The van der Waals surface area contributed by atoms with Crippen LogP contribution in [0.3, 0.4) is 0 Å². The van der Waals surface area contributed by atoms with E-state index in [1.54, 1.807) is 0 Å². The average molecular weight is 325 g/mol. The van der Waals surface area contributed by atoms with Crippen LogP contribution < -0.4 is 0 Å². The molecule has 0 saturated carbocycles. The summed E-state index contributed by atoms with van der Waals surface area (Å²) in [6.07, 6.45) is 0.00605. The zero-order valence-corrected chi connectivity index (χ0v) is 13.4. The minimum absolute atomic E-state index is 0.147. The Labute approximate surface area is 140 Å². The SMILES string of the molecule is COC(=O)C[C@H]1N=C(OCc2ccccc2)O[C@H]1c1ccccc1. The second-order valence-corrected chi connectivity index (χ2v) is 5.47. The first-order chi connectivity index (χ1) is 11.8. The summed E-state index contributed by atoms with van der Waals surface area (Å²) >= 11 is 0. The summed E-state index contributed by atoms with van der Waals surface area (Å²) in [5.74, 6) is -0.322. The predicted molar refractivity (Wildman–Crippen MR) is 89.4 cm³/mol. The maximum absolute atomic E-state index is 11.6. The largest absolute Gasteiger partial charge is 0.469 e. The minimum atomic E-state index is -0.356. The molecular formula is C19H19NO4. The van der Waals surface area contributed by atoms with Crippen molar-refractivity contribution in [1.82, 2.24) is 0 Å². The number of rotatable bonds is 5. The molecule has 5 nitrogen and oxygen atoms in total. The second kappa shape index (κ2) is 7.64. The molecule has 1 heterocycles. The molecule has 2 atom stereocenters. The molecule has 1 aliphatic rings. The molecule has 2 aromatic rings. The van der Waals surface area contributed by atoms with Crippen molar-refractivity contribution in [3.8, 4) is 0 Å². The van der Waals surface area contributed by atoms with Crippen LogP contribution in [0.5, 0.6) is 0 Å². The summed E-state index contributed by atoms with van der Waals surface area (Å²) in [6, 6.07) is 19.1. The van der Waals surface area contributed by atoms with Crippen molar-refractivity contribution in [3.63, 3.8) is 0 Å². The number of ether oxygens (including phenoxy) is 3. The number of nitrogens with zero attached hydrogens (tertiary/aromatic N) is 1. The normalized spacial score (nSPS) is 19.3. The van der Waals surface area contributed by atoms with Crippen LogP contribution in [0, 0.1) is 0 Å². The monoisotopic (exact) mass is 325 g/mol. The van der Waals surface area contributed by atoms with Crippen molar-refractivity contribution < 1.29 is 19.0 Å². The fourth-order valence-electron chi connectivity index (χ4n) is 2.55. The number of hydrogen-bond acceptors (Lipinski definition) is 5. The molecule has 0 bridgehead atoms. The van der Waals surface area contributed by atoms with E-state index < -0.39 is 0 Å². The molecule has 0 amide bonds. The lowest BCUT2D eigenvalue weighted by molar-refractivity contribution is -0.141. The van der Waals surface area contributed by atoms with E-state index in [-0.39, 0.29) is 30.6 Å². The van der Waals surface area contributed by atoms with Gasteiger partial charge in [0.1, 0.15) is 12.6 Å². The lowest BCUT2D eigenvalue weighted by atomic mass is 10.0. The van der Waals surface area contributed by atoms with Crippen LogP contribution >= 0.6 is 0 Å². The zero-order chi connectivity index (χ0) is 16.8. The average Bonchev–Trinajstić information content (AvgIpc) is 3.04. The van der Waals surface area contributed by atoms with Crippen LogP contribution in [-0.2, 0) is 25.6 Å². The predicted octanol–water partition coefficient (Wildman–Crippen LogP) is 3.26. The van der Waals surface area contributed by atoms with E-state index in [1.165, 1.54) is 7.11 Å². The van der Waals surface area contributed by atoms with Gasteiger partial charge in [-0.25, -0.2) is 4.99 Å². The highest BCUT2D eigenvalue weighted by atomic mass is 16.7. The molecule has 0 aliphatic carbocycles. The van der Waals surface area contributed by atoms with E-state index in [0.717, 1.165) is 11.1 Å². The van der Waals surface area contributed by atoms with Crippen molar-refractivity contribution in [1.29, 1.82) is 0 Å². The summed E-state index contributed by atoms with van der Waals surface area (Å²) < 4.78 is 16.3. The Morgan fingerprint density at radius 3 is 2.42 bits per heavy atom. The molecule has 1 aliphatic heterocycles. The quantitative estimate of drug-likeness (QED) is 0.792. The van der Waals surface area contributed by atoms with Crippen LogP contribution in [0.15, 0.2) is 65.7 Å². The van der Waals surface area contributed by atoms with Crippen LogP contribution in [0.25, 0.3) is 0 Å². The highest BCUT2D eigenvalue weighted by Crippen LogP contribution is 2.31. The molecule has 0 radical (unpaired) electrons. The van der Waals surface area contributed by atoms with Gasteiger partial charge in [0, 0.05) is 0 Å². The van der Waals surface area contributed by atoms with Gasteiger partial charge in [-0.15, -0.1) is 0 Å². The van der Waals surface area contributed by atoms with E-state index in [0.29, 0.717) is 6.61 Å². The smallest absolute Gasteiger partial charge is 0.384 e. The Hall–Kier alpha value is -2.82. The van der Waals surface area contributed by atoms with E-state index in [2.05, 4.69) is 4.99 Å². The molecule has 0 fully saturated rings. The number of aliphatic imine (C=N–C) groups is 1. The van der Waals surface area contributed by atoms with E-state index >= 15 is 0 Å². The topological polar surface area (TPSA) is 57.1 Å². The highest BCUT2D eigenvalue weighted by Gasteiger charge is 2.35. The molecule has 0 aromatic heterocycles. The van der Waals surface area contributed by atoms with Gasteiger partial charge in [-0.1, -0.05) is 60.7 Å². The third-order valence-corrected chi connectivity index (χ3v) is 3.79. The molecule has 0 unspecified atom stereocenters. The fourth-order valence-corrected chi connectivity index (χ4v) is 2.55. The maximum Gasteiger partial charge on any atom is 0.384 e. The first-order valence-electron chi connectivity index (χ1n) is 7.79. The maximum atomic E-state index is 11.6. The molecule has 24 heavy (non-hydrogen) atoms. The third-order valence-electron chi connectivity index (χ3n) is 3.79. The van der Waals surface area contributed by atoms with Gasteiger partial charge >= 0.3 is 12.1 Å². The number of carbonyl (C=O) groups is 1. The summed E-state index contributed by atoms with van der Waals surface area (Å²) in [6.45, 7) is 0.367. The molecule has 5 heteroatoms. The van der Waals surface area contributed by atoms with E-state index in [4.69, 9.17) is 14.2 Å². The first kappa shape index (κ1) is 16.1. The first-order valence-corrected chi connectivity index (χ1v) is 7.79. The van der Waals surface area contributed by atoms with Crippen molar-refractivity contribution in [3.05, 3.63) is 71.8 Å². The molecule has 0 spiro atoms. The molecular weight excluding hydrogens is 306 g/mol. The number of methoxy groups -OCH3 is 1. The Morgan fingerprint density at radius 2 is 1.75 bits per heavy atom. The summed E-state index contributed by atoms with van der Waals surface area (Å²) in [4.78, 5) is 16.1. The Balaban J connectivity index is 1.71. The van der Waals surface area contributed by atoms with Crippen LogP contribution in [0.1, 0.15) is 23.7 Å². The third kappa shape index (κ3) is 3.93. The van der Waals surface area contributed by atoms with Gasteiger partial charge in [0.05, 0.1) is 13.5 Å². The summed E-state index contributed by atoms with van der Waals surface area (Å²) in [5.41, 5.74) is 1.98. The van der Waals surface area contributed by atoms with Crippen molar-refractivity contribution in [2.24, 2.45) is 4.99 Å². The van der Waals surface area contributed by atoms with Gasteiger partial charge in [-0.3, -0.25) is 4.79 Å². The van der Waals surface area contributed by atoms with Crippen LogP contribution in [0.4, 0.5) is 0 Å². The summed E-state index contributed by atoms with van der Waals surface area (Å²) in [5, 5.41) is 0. The lowest BCUT2D eigenvalue weighted by Gasteiger charge is -2.16. The molecule has 0 saturated heterocycles. The van der Waals surface area contributed by atoms with E-state index in [1.807, 2.05) is 60.7 Å². The van der Waals surface area contributed by atoms with Gasteiger partial charge in [-0.2, -0.15) is 0 Å². The minimum Gasteiger partial charge on any atom is -0.469 e. The Bertz CT molecular complexity index is 700. The van der Waals surface area contributed by atoms with Gasteiger partial charge in [0.2, 0.25) is 0 Å². The van der Waals surface area contributed by atoms with Crippen LogP contribution in [0.2, 0.25) is 0 Å². The number of benzene rings is 2. The van der Waals surface area contributed by atoms with Gasteiger partial charge in [-0.05, 0) is 11.1 Å². The van der Waals surface area contributed by atoms with Gasteiger partial charge < -0.3 is 14.2 Å². The number of hydrogen-bond donors (Lipinski definition) is 0. The molecule has 3 rings (SSSR count). The van der Waals surface area contributed by atoms with Crippen molar-refractivity contribution in [2.45, 2.75) is 25.2 Å². The molecule has 0 N–H and O–H groups in total. The summed E-state index contributed by atoms with van der Waals surface area (Å²) in [7, 11) is 1.37. The number of esters is 1. The van der Waals surface area contributed by atoms with E-state index in [9.17, 15) is 4.79 Å².